The molecule has 2 saturated heterocycles. The summed E-state index contributed by atoms with van der Waals surface area (Å²) < 4.78 is 0. The van der Waals surface area contributed by atoms with Gasteiger partial charge in [-0.15, -0.1) is 0 Å². The summed E-state index contributed by atoms with van der Waals surface area (Å²) in [7, 11) is 0. The van der Waals surface area contributed by atoms with Crippen molar-refractivity contribution in [3.8, 4) is 0 Å². The summed E-state index contributed by atoms with van der Waals surface area (Å²) in [5.41, 5.74) is 2.56. The van der Waals surface area contributed by atoms with Crippen molar-refractivity contribution in [2.75, 3.05) is 19.6 Å². The predicted molar refractivity (Wildman–Crippen MR) is 90.5 cm³/mol. The normalized spacial score (nSPS) is 23.3. The smallest absolute Gasteiger partial charge is 0.239 e. The molecule has 3 rings (SSSR count). The van der Waals surface area contributed by atoms with E-state index in [0.29, 0.717) is 11.8 Å². The van der Waals surface area contributed by atoms with Crippen molar-refractivity contribution in [1.29, 1.82) is 0 Å². The minimum Gasteiger partial charge on any atom is -0.341 e. The third kappa shape index (κ3) is 3.77. The molecule has 0 radical (unpaired) electrons. The van der Waals surface area contributed by atoms with E-state index in [-0.39, 0.29) is 6.04 Å². The van der Waals surface area contributed by atoms with E-state index < -0.39 is 0 Å². The van der Waals surface area contributed by atoms with Crippen LogP contribution in [0.2, 0.25) is 0 Å². The highest BCUT2D eigenvalue weighted by atomic mass is 16.2. The van der Waals surface area contributed by atoms with Gasteiger partial charge in [0.05, 0.1) is 6.04 Å². The van der Waals surface area contributed by atoms with Gasteiger partial charge in [0.2, 0.25) is 5.91 Å². The number of carbonyl (C=O) groups is 1. The Balaban J connectivity index is 1.49. The van der Waals surface area contributed by atoms with E-state index in [9.17, 15) is 4.79 Å². The summed E-state index contributed by atoms with van der Waals surface area (Å²) in [6, 6.07) is 8.71. The van der Waals surface area contributed by atoms with Crippen LogP contribution in [0.5, 0.6) is 0 Å². The van der Waals surface area contributed by atoms with Crippen LogP contribution in [0, 0.1) is 12.8 Å². The molecule has 1 N–H and O–H groups in total. The fourth-order valence-electron chi connectivity index (χ4n) is 3.35. The molecule has 2 aliphatic heterocycles. The maximum absolute atomic E-state index is 12.4. The summed E-state index contributed by atoms with van der Waals surface area (Å²) in [6.45, 7) is 4.91. The lowest BCUT2D eigenvalue weighted by Gasteiger charge is -2.32. The van der Waals surface area contributed by atoms with E-state index >= 15 is 0 Å². The summed E-state index contributed by atoms with van der Waals surface area (Å²) in [5, 5.41) is 3.31. The molecule has 22 heavy (non-hydrogen) atoms. The average molecular weight is 298 g/mol. The second kappa shape index (κ2) is 7.10. The number of allylic oxidation sites excluding steroid dienone is 1. The zero-order valence-electron chi connectivity index (χ0n) is 13.4. The minimum absolute atomic E-state index is 0.0830. The standard InChI is InChI=1S/C19H26N2O/c1-15-4-6-16(7-5-15)8-9-17-10-13-21(14-11-17)19(22)18-3-2-12-20-18/h4-9,17-18,20H,2-3,10-14H2,1H3/t18-/m0/s1. The lowest BCUT2D eigenvalue weighted by atomic mass is 9.95. The molecule has 0 spiro atoms. The summed E-state index contributed by atoms with van der Waals surface area (Å²) >= 11 is 0. The molecule has 2 heterocycles. The molecule has 3 nitrogen and oxygen atoms in total. The minimum atomic E-state index is 0.0830. The van der Waals surface area contributed by atoms with Crippen LogP contribution in [0.1, 0.15) is 36.8 Å². The molecule has 1 atom stereocenters. The highest BCUT2D eigenvalue weighted by Gasteiger charge is 2.29. The number of nitrogens with one attached hydrogen (secondary N) is 1. The van der Waals surface area contributed by atoms with Crippen molar-refractivity contribution in [3.63, 3.8) is 0 Å². The highest BCUT2D eigenvalue weighted by molar-refractivity contribution is 5.82. The zero-order chi connectivity index (χ0) is 15.4. The van der Waals surface area contributed by atoms with Gasteiger partial charge in [0, 0.05) is 13.1 Å². The van der Waals surface area contributed by atoms with Crippen molar-refractivity contribution in [3.05, 3.63) is 41.5 Å². The summed E-state index contributed by atoms with van der Waals surface area (Å²) in [5.74, 6) is 0.917. The van der Waals surface area contributed by atoms with Crippen molar-refractivity contribution >= 4 is 12.0 Å². The van der Waals surface area contributed by atoms with Crippen LogP contribution in [0.3, 0.4) is 0 Å². The number of benzene rings is 1. The summed E-state index contributed by atoms with van der Waals surface area (Å²) in [4.78, 5) is 14.4. The number of hydrogen-bond donors (Lipinski definition) is 1. The van der Waals surface area contributed by atoms with Gasteiger partial charge in [0.15, 0.2) is 0 Å². The van der Waals surface area contributed by atoms with Crippen LogP contribution in [0.25, 0.3) is 6.08 Å². The quantitative estimate of drug-likeness (QED) is 0.930. The first-order valence-electron chi connectivity index (χ1n) is 8.49. The van der Waals surface area contributed by atoms with E-state index in [1.165, 1.54) is 11.1 Å². The van der Waals surface area contributed by atoms with E-state index in [1.54, 1.807) is 0 Å². The average Bonchev–Trinajstić information content (AvgIpc) is 3.09. The SMILES string of the molecule is Cc1ccc(C=CC2CCN(C(=O)[C@@H]3CCCN3)CC2)cc1. The zero-order valence-corrected chi connectivity index (χ0v) is 13.4. The van der Waals surface area contributed by atoms with Crippen LogP contribution in [0.4, 0.5) is 0 Å². The Kier molecular flexibility index (Phi) is 4.94. The second-order valence-electron chi connectivity index (χ2n) is 6.58. The molecular formula is C19H26N2O. The van der Waals surface area contributed by atoms with Gasteiger partial charge in [-0.1, -0.05) is 42.0 Å². The Bertz CT molecular complexity index is 521. The van der Waals surface area contributed by atoms with E-state index in [0.717, 1.165) is 45.3 Å². The van der Waals surface area contributed by atoms with Crippen molar-refractivity contribution in [1.82, 2.24) is 10.2 Å². The number of aryl methyl sites for hydroxylation is 1. The molecule has 1 aromatic rings. The number of likely N-dealkylation sites (tertiary alicyclic amines) is 1. The fourth-order valence-corrected chi connectivity index (χ4v) is 3.35. The maximum Gasteiger partial charge on any atom is 0.239 e. The second-order valence-corrected chi connectivity index (χ2v) is 6.58. The summed E-state index contributed by atoms with van der Waals surface area (Å²) in [6.07, 6.45) is 8.85. The molecular weight excluding hydrogens is 272 g/mol. The third-order valence-corrected chi connectivity index (χ3v) is 4.85. The van der Waals surface area contributed by atoms with E-state index in [1.807, 2.05) is 0 Å². The Labute approximate surface area is 133 Å². The van der Waals surface area contributed by atoms with Crippen LogP contribution >= 0.6 is 0 Å². The number of piperidine rings is 1. The van der Waals surface area contributed by atoms with Crippen molar-refractivity contribution in [2.45, 2.75) is 38.6 Å². The Morgan fingerprint density at radius 2 is 1.91 bits per heavy atom. The molecule has 0 unspecified atom stereocenters. The van der Waals surface area contributed by atoms with Crippen molar-refractivity contribution in [2.24, 2.45) is 5.92 Å². The van der Waals surface area contributed by atoms with Gasteiger partial charge >= 0.3 is 0 Å². The maximum atomic E-state index is 12.4. The molecule has 118 valence electrons. The largest absolute Gasteiger partial charge is 0.341 e. The number of nitrogens with zero attached hydrogens (tertiary/aromatic N) is 1. The molecule has 1 amide bonds. The number of hydrogen-bond acceptors (Lipinski definition) is 2. The molecule has 2 aliphatic rings. The first-order chi connectivity index (χ1) is 10.7. The van der Waals surface area contributed by atoms with E-state index in [4.69, 9.17) is 0 Å². The first kappa shape index (κ1) is 15.3. The number of rotatable bonds is 3. The molecule has 0 saturated carbocycles. The lowest BCUT2D eigenvalue weighted by Crippen LogP contribution is -2.46. The van der Waals surface area contributed by atoms with Crippen LogP contribution in [-0.4, -0.2) is 36.5 Å². The predicted octanol–water partition coefficient (Wildman–Crippen LogP) is 3.00. The van der Waals surface area contributed by atoms with Crippen LogP contribution in [-0.2, 0) is 4.79 Å². The van der Waals surface area contributed by atoms with Crippen LogP contribution < -0.4 is 5.32 Å². The van der Waals surface area contributed by atoms with Gasteiger partial charge in [0.25, 0.3) is 0 Å². The molecule has 3 heteroatoms. The molecule has 2 fully saturated rings. The van der Waals surface area contributed by atoms with Gasteiger partial charge < -0.3 is 10.2 Å². The van der Waals surface area contributed by atoms with Crippen LogP contribution in [0.15, 0.2) is 30.3 Å². The van der Waals surface area contributed by atoms with Crippen molar-refractivity contribution < 1.29 is 4.79 Å². The number of carbonyl (C=O) groups excluding carboxylic acids is 1. The van der Waals surface area contributed by atoms with Gasteiger partial charge in [-0.2, -0.15) is 0 Å². The Morgan fingerprint density at radius 3 is 2.55 bits per heavy atom. The number of amides is 1. The van der Waals surface area contributed by atoms with E-state index in [2.05, 4.69) is 53.6 Å². The fraction of sp³-hybridized carbons (Fsp3) is 0.526. The molecule has 1 aromatic carbocycles. The monoisotopic (exact) mass is 298 g/mol. The lowest BCUT2D eigenvalue weighted by molar-refractivity contribution is -0.134. The first-order valence-corrected chi connectivity index (χ1v) is 8.49. The van der Waals surface area contributed by atoms with Gasteiger partial charge in [0.1, 0.15) is 0 Å². The molecule has 0 aliphatic carbocycles. The third-order valence-electron chi connectivity index (χ3n) is 4.85. The Morgan fingerprint density at radius 1 is 1.18 bits per heavy atom. The topological polar surface area (TPSA) is 32.3 Å². The van der Waals surface area contributed by atoms with Gasteiger partial charge in [-0.05, 0) is 50.6 Å². The van der Waals surface area contributed by atoms with Gasteiger partial charge in [-0.25, -0.2) is 0 Å². The Hall–Kier alpha value is -1.61. The highest BCUT2D eigenvalue weighted by Crippen LogP contribution is 2.21. The molecule has 0 bridgehead atoms. The van der Waals surface area contributed by atoms with Gasteiger partial charge in [-0.3, -0.25) is 4.79 Å². The molecule has 0 aromatic heterocycles.